The molecule has 0 aliphatic carbocycles. The van der Waals surface area contributed by atoms with Crippen LogP contribution in [0.3, 0.4) is 0 Å². The smallest absolute Gasteiger partial charge is 0.343 e. The van der Waals surface area contributed by atoms with E-state index in [1.54, 1.807) is 61.7 Å². The van der Waals surface area contributed by atoms with Gasteiger partial charge in [-0.2, -0.15) is 5.10 Å². The summed E-state index contributed by atoms with van der Waals surface area (Å²) in [5.74, 6) is 0.590. The van der Waals surface area contributed by atoms with Gasteiger partial charge in [-0.3, -0.25) is 4.79 Å². The van der Waals surface area contributed by atoms with Crippen LogP contribution >= 0.6 is 11.6 Å². The molecule has 0 bridgehead atoms. The van der Waals surface area contributed by atoms with Crippen LogP contribution in [0, 0.1) is 0 Å². The summed E-state index contributed by atoms with van der Waals surface area (Å²) in [6.45, 7) is 2.42. The molecule has 0 radical (unpaired) electrons. The second-order valence-electron chi connectivity index (χ2n) is 8.85. The average Bonchev–Trinajstić information content (AvgIpc) is 3.37. The maximum absolute atomic E-state index is 13.4. The van der Waals surface area contributed by atoms with Gasteiger partial charge < -0.3 is 19.2 Å². The van der Waals surface area contributed by atoms with Gasteiger partial charge in [-0.25, -0.2) is 10.2 Å². The first kappa shape index (κ1) is 27.5. The number of halogens is 1. The van der Waals surface area contributed by atoms with Gasteiger partial charge in [-0.1, -0.05) is 41.9 Å². The van der Waals surface area contributed by atoms with Crippen molar-refractivity contribution < 1.29 is 23.8 Å². The summed E-state index contributed by atoms with van der Waals surface area (Å²) in [5, 5.41) is 5.43. The molecule has 2 N–H and O–H groups in total. The number of hydrazone groups is 1. The van der Waals surface area contributed by atoms with E-state index in [-0.39, 0.29) is 11.4 Å². The Morgan fingerprint density at radius 2 is 1.68 bits per heavy atom. The summed E-state index contributed by atoms with van der Waals surface area (Å²) in [4.78, 5) is 29.3. The van der Waals surface area contributed by atoms with Crippen molar-refractivity contribution in [3.63, 3.8) is 0 Å². The number of nitrogens with one attached hydrogen (secondary N) is 2. The molecule has 9 heteroatoms. The number of carbonyl (C=O) groups excluding carboxylic acids is 2. The van der Waals surface area contributed by atoms with Gasteiger partial charge in [-0.05, 0) is 67.6 Å². The molecule has 1 heterocycles. The lowest BCUT2D eigenvalue weighted by Gasteiger charge is -2.08. The molecule has 0 saturated carbocycles. The number of nitrogens with zero attached hydrogens (tertiary/aromatic N) is 1. The molecule has 0 saturated heterocycles. The van der Waals surface area contributed by atoms with Gasteiger partial charge in [-0.15, -0.1) is 0 Å². The number of methoxy groups -OCH3 is 1. The number of hydrogen-bond donors (Lipinski definition) is 2. The normalized spacial score (nSPS) is 11.0. The van der Waals surface area contributed by atoms with Gasteiger partial charge in [0.05, 0.1) is 25.5 Å². The zero-order valence-electron chi connectivity index (χ0n) is 22.3. The molecule has 0 aliphatic heterocycles. The number of H-pyrrole nitrogens is 1. The van der Waals surface area contributed by atoms with Crippen molar-refractivity contribution in [2.75, 3.05) is 13.7 Å². The third-order valence-electron chi connectivity index (χ3n) is 6.27. The van der Waals surface area contributed by atoms with E-state index in [1.807, 2.05) is 43.3 Å². The van der Waals surface area contributed by atoms with E-state index in [0.717, 1.165) is 10.9 Å². The molecule has 0 fully saturated rings. The number of amides is 1. The average molecular weight is 568 g/mol. The molecule has 1 amide bonds. The lowest BCUT2D eigenvalue weighted by atomic mass is 10.0. The highest BCUT2D eigenvalue weighted by Gasteiger charge is 2.21. The number of aromatic nitrogens is 1. The fraction of sp³-hybridized carbons (Fsp3) is 0.0938. The standard InChI is InChI=1S/C32H26ClN3O5/c1-3-40-23-16-17-27-25(18-23)29(24-9-5-6-10-26(24)33)30(35-27)31(37)36-34-19-21-8-4-7-11-28(21)41-32(38)20-12-14-22(39-2)15-13-20/h4-19,35H,3H2,1-2H3,(H,36,37). The SMILES string of the molecule is CCOc1ccc2[nH]c(C(=O)NN=Cc3ccccc3OC(=O)c3ccc(OC)cc3)c(-c3ccccc3Cl)c2c1. The Labute approximate surface area is 241 Å². The quantitative estimate of drug-likeness (QED) is 0.0875. The number of fused-ring (bicyclic) bond motifs is 1. The summed E-state index contributed by atoms with van der Waals surface area (Å²) < 4.78 is 16.4. The second-order valence-corrected chi connectivity index (χ2v) is 9.26. The number of hydrogen-bond acceptors (Lipinski definition) is 6. The van der Waals surface area contributed by atoms with Crippen molar-refractivity contribution in [1.29, 1.82) is 0 Å². The molecule has 41 heavy (non-hydrogen) atoms. The minimum Gasteiger partial charge on any atom is -0.497 e. The third-order valence-corrected chi connectivity index (χ3v) is 6.60. The number of benzene rings is 4. The van der Waals surface area contributed by atoms with Crippen molar-refractivity contribution in [3.8, 4) is 28.4 Å². The van der Waals surface area contributed by atoms with Gasteiger partial charge in [0.1, 0.15) is 22.9 Å². The number of para-hydroxylation sites is 1. The van der Waals surface area contributed by atoms with E-state index < -0.39 is 11.9 Å². The Morgan fingerprint density at radius 1 is 0.951 bits per heavy atom. The molecule has 0 spiro atoms. The van der Waals surface area contributed by atoms with Gasteiger partial charge in [0.2, 0.25) is 0 Å². The highest BCUT2D eigenvalue weighted by atomic mass is 35.5. The Morgan fingerprint density at radius 3 is 2.44 bits per heavy atom. The third kappa shape index (κ3) is 6.08. The Kier molecular flexibility index (Phi) is 8.31. The molecular formula is C32H26ClN3O5. The largest absolute Gasteiger partial charge is 0.497 e. The van der Waals surface area contributed by atoms with Crippen LogP contribution in [0.4, 0.5) is 0 Å². The van der Waals surface area contributed by atoms with Crippen molar-refractivity contribution >= 4 is 40.6 Å². The lowest BCUT2D eigenvalue weighted by Crippen LogP contribution is -2.19. The van der Waals surface area contributed by atoms with Gasteiger partial charge in [0, 0.05) is 32.6 Å². The Bertz CT molecular complexity index is 1740. The zero-order valence-corrected chi connectivity index (χ0v) is 23.1. The molecule has 5 aromatic rings. The van der Waals surface area contributed by atoms with Crippen LogP contribution in [0.15, 0.2) is 96.1 Å². The Balaban J connectivity index is 1.40. The van der Waals surface area contributed by atoms with Crippen LogP contribution in [0.25, 0.3) is 22.0 Å². The summed E-state index contributed by atoms with van der Waals surface area (Å²) >= 11 is 6.54. The summed E-state index contributed by atoms with van der Waals surface area (Å²) in [6.07, 6.45) is 1.42. The maximum atomic E-state index is 13.4. The number of rotatable bonds is 9. The van der Waals surface area contributed by atoms with Crippen LogP contribution in [-0.4, -0.2) is 36.8 Å². The molecule has 0 atom stereocenters. The first-order valence-electron chi connectivity index (χ1n) is 12.8. The fourth-order valence-electron chi connectivity index (χ4n) is 4.32. The molecule has 0 unspecified atom stereocenters. The van der Waals surface area contributed by atoms with Gasteiger partial charge in [0.25, 0.3) is 5.91 Å². The summed E-state index contributed by atoms with van der Waals surface area (Å²) in [7, 11) is 1.55. The summed E-state index contributed by atoms with van der Waals surface area (Å²) in [5.41, 5.74) is 5.80. The topological polar surface area (TPSA) is 102 Å². The zero-order chi connectivity index (χ0) is 28.8. The molecule has 8 nitrogen and oxygen atoms in total. The molecule has 4 aromatic carbocycles. The van der Waals surface area contributed by atoms with E-state index in [9.17, 15) is 9.59 Å². The van der Waals surface area contributed by atoms with Crippen LogP contribution in [0.5, 0.6) is 17.2 Å². The van der Waals surface area contributed by atoms with Crippen molar-refractivity contribution in [3.05, 3.63) is 113 Å². The molecule has 5 rings (SSSR count). The highest BCUT2D eigenvalue weighted by Crippen LogP contribution is 2.38. The van der Waals surface area contributed by atoms with E-state index in [2.05, 4.69) is 15.5 Å². The highest BCUT2D eigenvalue weighted by molar-refractivity contribution is 6.34. The van der Waals surface area contributed by atoms with Gasteiger partial charge >= 0.3 is 5.97 Å². The van der Waals surface area contributed by atoms with Crippen molar-refractivity contribution in [2.24, 2.45) is 5.10 Å². The minimum absolute atomic E-state index is 0.289. The lowest BCUT2D eigenvalue weighted by molar-refractivity contribution is 0.0734. The molecule has 1 aromatic heterocycles. The van der Waals surface area contributed by atoms with Crippen molar-refractivity contribution in [2.45, 2.75) is 6.92 Å². The van der Waals surface area contributed by atoms with E-state index in [4.69, 9.17) is 25.8 Å². The fourth-order valence-corrected chi connectivity index (χ4v) is 4.55. The molecule has 0 aliphatic rings. The predicted octanol–water partition coefficient (Wildman–Crippen LogP) is 6.88. The number of esters is 1. The molecule has 206 valence electrons. The molecular weight excluding hydrogens is 542 g/mol. The van der Waals surface area contributed by atoms with E-state index >= 15 is 0 Å². The van der Waals surface area contributed by atoms with E-state index in [0.29, 0.717) is 45.4 Å². The minimum atomic E-state index is -0.536. The second kappa shape index (κ2) is 12.4. The number of carbonyl (C=O) groups is 2. The number of ether oxygens (including phenoxy) is 3. The first-order valence-corrected chi connectivity index (χ1v) is 13.2. The van der Waals surface area contributed by atoms with Gasteiger partial charge in [0.15, 0.2) is 0 Å². The van der Waals surface area contributed by atoms with E-state index in [1.165, 1.54) is 6.21 Å². The van der Waals surface area contributed by atoms with Crippen LogP contribution in [-0.2, 0) is 0 Å². The monoisotopic (exact) mass is 567 g/mol. The van der Waals surface area contributed by atoms with Crippen LogP contribution in [0.2, 0.25) is 5.02 Å². The Hall–Kier alpha value is -5.08. The predicted molar refractivity (Wildman–Crippen MR) is 159 cm³/mol. The van der Waals surface area contributed by atoms with Crippen LogP contribution in [0.1, 0.15) is 33.3 Å². The maximum Gasteiger partial charge on any atom is 0.343 e. The van der Waals surface area contributed by atoms with Crippen LogP contribution < -0.4 is 19.6 Å². The van der Waals surface area contributed by atoms with Crippen molar-refractivity contribution in [1.82, 2.24) is 10.4 Å². The number of aromatic amines is 1. The summed E-state index contributed by atoms with van der Waals surface area (Å²) in [6, 6.07) is 26.4. The first-order chi connectivity index (χ1) is 20.0.